The van der Waals surface area contributed by atoms with E-state index in [1.807, 2.05) is 36.4 Å². The maximum Gasteiger partial charge on any atom is 0.164 e. The number of benzene rings is 6. The molecule has 0 N–H and O–H groups in total. The minimum absolute atomic E-state index is 0.0488. The average molecular weight is 644 g/mol. The maximum absolute atomic E-state index is 6.59. The van der Waals surface area contributed by atoms with Crippen molar-refractivity contribution in [2.45, 2.75) is 12.0 Å². The second-order valence-corrected chi connectivity index (χ2v) is 12.7. The minimum atomic E-state index is -0.0488. The minimum Gasteiger partial charge on any atom is -0.485 e. The molecule has 0 amide bonds. The standard InChI is InChI=1S/C45H29N3O2/c1-3-11-28(12-4-1)29-21-23-31(24-22-29)43-46-44(32-25-26-39-37(27-32)34-15-7-8-19-38(34)49-39)48-45(47-43)36-18-10-20-40-41(36)35-17-9-16-33(42(35)50-40)30-13-5-2-6-14-30/h1-27,37,39H. The molecule has 2 aliphatic rings. The fourth-order valence-electron chi connectivity index (χ4n) is 7.28. The van der Waals surface area contributed by atoms with Crippen LogP contribution < -0.4 is 4.74 Å². The van der Waals surface area contributed by atoms with Crippen LogP contribution in [0.4, 0.5) is 0 Å². The monoisotopic (exact) mass is 643 g/mol. The van der Waals surface area contributed by atoms with E-state index < -0.39 is 0 Å². The highest BCUT2D eigenvalue weighted by atomic mass is 16.5. The molecule has 1 aliphatic carbocycles. The summed E-state index contributed by atoms with van der Waals surface area (Å²) in [5, 5.41) is 2.00. The summed E-state index contributed by atoms with van der Waals surface area (Å²) in [5.74, 6) is 2.83. The van der Waals surface area contributed by atoms with Gasteiger partial charge in [-0.3, -0.25) is 0 Å². The molecule has 3 heterocycles. The van der Waals surface area contributed by atoms with Crippen molar-refractivity contribution in [3.63, 3.8) is 0 Å². The molecular formula is C45H29N3O2. The van der Waals surface area contributed by atoms with Gasteiger partial charge in [-0.1, -0.05) is 146 Å². The number of hydrogen-bond acceptors (Lipinski definition) is 5. The number of para-hydroxylation sites is 2. The first kappa shape index (κ1) is 28.4. The SMILES string of the molecule is C1=CC2Oc3ccccc3C2C=C1c1nc(-c2ccc(-c3ccccc3)cc2)nc(-c2cccc3oc4c(-c5ccccc5)cccc4c23)n1. The first-order valence-electron chi connectivity index (χ1n) is 16.8. The zero-order valence-corrected chi connectivity index (χ0v) is 26.9. The van der Waals surface area contributed by atoms with Gasteiger partial charge in [0.2, 0.25) is 0 Å². The molecule has 2 aromatic heterocycles. The van der Waals surface area contributed by atoms with Crippen LogP contribution in [0.1, 0.15) is 17.3 Å². The number of allylic oxidation sites excluding steroid dienone is 2. The third-order valence-corrected chi connectivity index (χ3v) is 9.71. The topological polar surface area (TPSA) is 61.0 Å². The third-order valence-electron chi connectivity index (χ3n) is 9.71. The van der Waals surface area contributed by atoms with Gasteiger partial charge in [-0.05, 0) is 34.9 Å². The van der Waals surface area contributed by atoms with Gasteiger partial charge in [0, 0.05) is 44.5 Å². The van der Waals surface area contributed by atoms with Crippen LogP contribution in [0.15, 0.2) is 168 Å². The molecule has 0 saturated carbocycles. The highest BCUT2D eigenvalue weighted by Crippen LogP contribution is 2.44. The largest absolute Gasteiger partial charge is 0.485 e. The van der Waals surface area contributed by atoms with Crippen molar-refractivity contribution in [2.75, 3.05) is 0 Å². The zero-order valence-electron chi connectivity index (χ0n) is 26.9. The molecule has 0 saturated heterocycles. The molecule has 236 valence electrons. The fourth-order valence-corrected chi connectivity index (χ4v) is 7.28. The van der Waals surface area contributed by atoms with Crippen LogP contribution in [0.3, 0.4) is 0 Å². The zero-order chi connectivity index (χ0) is 33.0. The van der Waals surface area contributed by atoms with E-state index in [2.05, 4.69) is 127 Å². The molecule has 10 rings (SSSR count). The van der Waals surface area contributed by atoms with Crippen LogP contribution in [0.2, 0.25) is 0 Å². The van der Waals surface area contributed by atoms with E-state index in [-0.39, 0.29) is 12.0 Å². The quantitative estimate of drug-likeness (QED) is 0.187. The summed E-state index contributed by atoms with van der Waals surface area (Å²) in [6, 6.07) is 49.8. The van der Waals surface area contributed by atoms with Crippen LogP contribution >= 0.6 is 0 Å². The highest BCUT2D eigenvalue weighted by Gasteiger charge is 2.33. The summed E-state index contributed by atoms with van der Waals surface area (Å²) in [4.78, 5) is 15.4. The summed E-state index contributed by atoms with van der Waals surface area (Å²) in [5.41, 5.74) is 10.0. The van der Waals surface area contributed by atoms with Crippen molar-refractivity contribution in [2.24, 2.45) is 0 Å². The van der Waals surface area contributed by atoms with E-state index in [1.165, 1.54) is 5.56 Å². The Morgan fingerprint density at radius 3 is 2.00 bits per heavy atom. The summed E-state index contributed by atoms with van der Waals surface area (Å²) in [6.07, 6.45) is 6.38. The molecule has 1 aliphatic heterocycles. The number of ether oxygens (including phenoxy) is 1. The molecule has 2 atom stereocenters. The van der Waals surface area contributed by atoms with E-state index in [0.29, 0.717) is 17.5 Å². The molecule has 8 aromatic rings. The molecule has 0 radical (unpaired) electrons. The second-order valence-electron chi connectivity index (χ2n) is 12.7. The first-order valence-corrected chi connectivity index (χ1v) is 16.8. The second kappa shape index (κ2) is 11.5. The van der Waals surface area contributed by atoms with Crippen molar-refractivity contribution in [1.29, 1.82) is 0 Å². The van der Waals surface area contributed by atoms with Gasteiger partial charge in [0.05, 0.1) is 0 Å². The molecule has 0 fully saturated rings. The number of hydrogen-bond donors (Lipinski definition) is 0. The van der Waals surface area contributed by atoms with E-state index in [0.717, 1.165) is 66.6 Å². The van der Waals surface area contributed by atoms with Gasteiger partial charge in [0.1, 0.15) is 23.0 Å². The lowest BCUT2D eigenvalue weighted by molar-refractivity contribution is 0.269. The molecular weight excluding hydrogens is 615 g/mol. The Balaban J connectivity index is 1.15. The van der Waals surface area contributed by atoms with Crippen LogP contribution in [0, 0.1) is 0 Å². The van der Waals surface area contributed by atoms with Crippen molar-refractivity contribution in [3.8, 4) is 50.8 Å². The van der Waals surface area contributed by atoms with Crippen molar-refractivity contribution < 1.29 is 9.15 Å². The Bertz CT molecular complexity index is 2620. The van der Waals surface area contributed by atoms with E-state index >= 15 is 0 Å². The number of furan rings is 1. The Kier molecular flexibility index (Phi) is 6.56. The van der Waals surface area contributed by atoms with Gasteiger partial charge in [-0.2, -0.15) is 0 Å². The van der Waals surface area contributed by atoms with Crippen molar-refractivity contribution in [1.82, 2.24) is 15.0 Å². The first-order chi connectivity index (χ1) is 24.8. The predicted octanol–water partition coefficient (Wildman–Crippen LogP) is 10.9. The van der Waals surface area contributed by atoms with Crippen LogP contribution in [-0.4, -0.2) is 21.1 Å². The third kappa shape index (κ3) is 4.74. The van der Waals surface area contributed by atoms with E-state index in [4.69, 9.17) is 24.1 Å². The summed E-state index contributed by atoms with van der Waals surface area (Å²) < 4.78 is 12.8. The highest BCUT2D eigenvalue weighted by molar-refractivity contribution is 6.15. The molecule has 5 heteroatoms. The number of rotatable bonds is 5. The van der Waals surface area contributed by atoms with E-state index in [9.17, 15) is 0 Å². The lowest BCUT2D eigenvalue weighted by Crippen LogP contribution is -2.17. The van der Waals surface area contributed by atoms with Gasteiger partial charge < -0.3 is 9.15 Å². The average Bonchev–Trinajstić information content (AvgIpc) is 3.77. The number of aromatic nitrogens is 3. The van der Waals surface area contributed by atoms with Gasteiger partial charge in [0.25, 0.3) is 0 Å². The molecule has 5 nitrogen and oxygen atoms in total. The van der Waals surface area contributed by atoms with Gasteiger partial charge in [-0.25, -0.2) is 15.0 Å². The van der Waals surface area contributed by atoms with Gasteiger partial charge in [-0.15, -0.1) is 0 Å². The molecule has 6 aromatic carbocycles. The number of nitrogens with zero attached hydrogens (tertiary/aromatic N) is 3. The summed E-state index contributed by atoms with van der Waals surface area (Å²) in [7, 11) is 0. The lowest BCUT2D eigenvalue weighted by Gasteiger charge is -2.18. The Labute approximate surface area is 288 Å². The Hall–Kier alpha value is -6.59. The Morgan fingerprint density at radius 1 is 0.500 bits per heavy atom. The van der Waals surface area contributed by atoms with E-state index in [1.54, 1.807) is 0 Å². The van der Waals surface area contributed by atoms with Crippen molar-refractivity contribution >= 4 is 27.5 Å². The van der Waals surface area contributed by atoms with Gasteiger partial charge in [0.15, 0.2) is 17.5 Å². The molecule has 2 unspecified atom stereocenters. The summed E-state index contributed by atoms with van der Waals surface area (Å²) in [6.45, 7) is 0. The molecule has 50 heavy (non-hydrogen) atoms. The fraction of sp³-hybridized carbons (Fsp3) is 0.0444. The smallest absolute Gasteiger partial charge is 0.164 e. The lowest BCUT2D eigenvalue weighted by atomic mass is 9.89. The predicted molar refractivity (Wildman–Crippen MR) is 200 cm³/mol. The van der Waals surface area contributed by atoms with Crippen LogP contribution in [-0.2, 0) is 0 Å². The van der Waals surface area contributed by atoms with Gasteiger partial charge >= 0.3 is 0 Å². The van der Waals surface area contributed by atoms with Crippen LogP contribution in [0.25, 0.3) is 72.5 Å². The maximum atomic E-state index is 6.59. The number of fused-ring (bicyclic) bond motifs is 6. The molecule has 0 bridgehead atoms. The Morgan fingerprint density at radius 2 is 1.16 bits per heavy atom. The van der Waals surface area contributed by atoms with Crippen LogP contribution in [0.5, 0.6) is 5.75 Å². The van der Waals surface area contributed by atoms with Crippen molar-refractivity contribution in [3.05, 3.63) is 175 Å². The normalized spacial score (nSPS) is 16.2. The molecule has 0 spiro atoms. The summed E-state index contributed by atoms with van der Waals surface area (Å²) >= 11 is 0.